The van der Waals surface area contributed by atoms with E-state index in [1.807, 2.05) is 0 Å². The monoisotopic (exact) mass is 482 g/mol. The molecular formula is C23H29F3N4O4. The highest BCUT2D eigenvalue weighted by atomic mass is 19.4. The molecule has 0 saturated heterocycles. The van der Waals surface area contributed by atoms with Crippen LogP contribution in [0.2, 0.25) is 0 Å². The molecule has 34 heavy (non-hydrogen) atoms. The van der Waals surface area contributed by atoms with Crippen molar-refractivity contribution in [2.75, 3.05) is 11.9 Å². The lowest BCUT2D eigenvalue weighted by Crippen LogP contribution is -2.45. The Labute approximate surface area is 195 Å². The molecular weight excluding hydrogens is 453 g/mol. The molecule has 1 aromatic heterocycles. The van der Waals surface area contributed by atoms with E-state index >= 15 is 0 Å². The van der Waals surface area contributed by atoms with Crippen LogP contribution in [0.4, 0.5) is 23.9 Å². The van der Waals surface area contributed by atoms with Crippen molar-refractivity contribution in [3.63, 3.8) is 0 Å². The Balaban J connectivity index is 1.85. The van der Waals surface area contributed by atoms with Gasteiger partial charge < -0.3 is 19.8 Å². The van der Waals surface area contributed by atoms with Gasteiger partial charge in [0.1, 0.15) is 11.7 Å². The Kier molecular flexibility index (Phi) is 7.13. The molecule has 1 aromatic carbocycles. The molecule has 0 saturated carbocycles. The number of hydrogen-bond donors (Lipinski definition) is 1. The quantitative estimate of drug-likeness (QED) is 0.693. The van der Waals surface area contributed by atoms with Gasteiger partial charge in [0.25, 0.3) is 5.56 Å². The first kappa shape index (κ1) is 25.4. The number of nitrogens with one attached hydrogen (secondary N) is 1. The SMILES string of the molecule is CC(C)On1c(NCc2ccc(C(F)(F)F)cc2)nc2c(c1=O)CN(C(=O)OC(C)(C)C)CC2. The van der Waals surface area contributed by atoms with E-state index in [0.717, 1.165) is 16.9 Å². The number of carbonyl (C=O) groups is 1. The van der Waals surface area contributed by atoms with Crippen LogP contribution < -0.4 is 15.7 Å². The summed E-state index contributed by atoms with van der Waals surface area (Å²) in [5.74, 6) is 0.142. The molecule has 0 atom stereocenters. The molecule has 0 fully saturated rings. The molecule has 8 nitrogen and oxygen atoms in total. The first-order chi connectivity index (χ1) is 15.7. The van der Waals surface area contributed by atoms with E-state index in [1.54, 1.807) is 34.6 Å². The van der Waals surface area contributed by atoms with E-state index in [9.17, 15) is 22.8 Å². The van der Waals surface area contributed by atoms with Crippen LogP contribution in [0, 0.1) is 0 Å². The zero-order valence-corrected chi connectivity index (χ0v) is 19.8. The van der Waals surface area contributed by atoms with Crippen molar-refractivity contribution in [1.82, 2.24) is 14.6 Å². The summed E-state index contributed by atoms with van der Waals surface area (Å²) in [4.78, 5) is 37.4. The highest BCUT2D eigenvalue weighted by Gasteiger charge is 2.31. The summed E-state index contributed by atoms with van der Waals surface area (Å²) in [5, 5.41) is 2.99. The third-order valence-corrected chi connectivity index (χ3v) is 4.89. The topological polar surface area (TPSA) is 85.7 Å². The van der Waals surface area contributed by atoms with Gasteiger partial charge in [-0.1, -0.05) is 12.1 Å². The predicted octanol–water partition coefficient (Wildman–Crippen LogP) is 4.00. The number of hydrogen-bond acceptors (Lipinski definition) is 6. The summed E-state index contributed by atoms with van der Waals surface area (Å²) in [6.07, 6.45) is -4.93. The van der Waals surface area contributed by atoms with Crippen LogP contribution in [0.15, 0.2) is 29.1 Å². The number of amides is 1. The largest absolute Gasteiger partial charge is 0.444 e. The molecule has 186 valence electrons. The number of halogens is 3. The summed E-state index contributed by atoms with van der Waals surface area (Å²) >= 11 is 0. The average molecular weight is 483 g/mol. The van der Waals surface area contributed by atoms with Crippen LogP contribution >= 0.6 is 0 Å². The van der Waals surface area contributed by atoms with E-state index in [0.29, 0.717) is 29.8 Å². The maximum absolute atomic E-state index is 13.2. The highest BCUT2D eigenvalue weighted by molar-refractivity contribution is 5.68. The molecule has 1 N–H and O–H groups in total. The lowest BCUT2D eigenvalue weighted by molar-refractivity contribution is -0.137. The summed E-state index contributed by atoms with van der Waals surface area (Å²) in [7, 11) is 0. The molecule has 1 amide bonds. The second-order valence-corrected chi connectivity index (χ2v) is 9.31. The van der Waals surface area contributed by atoms with Crippen molar-refractivity contribution in [2.45, 2.75) is 72.0 Å². The van der Waals surface area contributed by atoms with Gasteiger partial charge in [-0.15, -0.1) is 4.73 Å². The molecule has 2 heterocycles. The zero-order valence-electron chi connectivity index (χ0n) is 19.8. The summed E-state index contributed by atoms with van der Waals surface area (Å²) in [6.45, 7) is 9.30. The van der Waals surface area contributed by atoms with Crippen molar-refractivity contribution < 1.29 is 27.5 Å². The number of nitrogens with zero attached hydrogens (tertiary/aromatic N) is 3. The number of fused-ring (bicyclic) bond motifs is 1. The Morgan fingerprint density at radius 1 is 1.18 bits per heavy atom. The van der Waals surface area contributed by atoms with E-state index in [4.69, 9.17) is 9.57 Å². The van der Waals surface area contributed by atoms with E-state index in [-0.39, 0.29) is 25.1 Å². The van der Waals surface area contributed by atoms with Crippen LogP contribution in [0.3, 0.4) is 0 Å². The molecule has 1 aliphatic heterocycles. The summed E-state index contributed by atoms with van der Waals surface area (Å²) in [6, 6.07) is 4.72. The molecule has 0 aliphatic carbocycles. The third-order valence-electron chi connectivity index (χ3n) is 4.89. The average Bonchev–Trinajstić information content (AvgIpc) is 2.72. The van der Waals surface area contributed by atoms with Gasteiger partial charge in [0.2, 0.25) is 5.95 Å². The normalized spacial score (nSPS) is 14.1. The Hall–Kier alpha value is -3.24. The summed E-state index contributed by atoms with van der Waals surface area (Å²) in [5.41, 5.74) is -0.421. The van der Waals surface area contributed by atoms with Crippen molar-refractivity contribution in [1.29, 1.82) is 0 Å². The van der Waals surface area contributed by atoms with Gasteiger partial charge >= 0.3 is 12.3 Å². The number of ether oxygens (including phenoxy) is 1. The van der Waals surface area contributed by atoms with Crippen LogP contribution in [0.25, 0.3) is 0 Å². The molecule has 0 bridgehead atoms. The fraction of sp³-hybridized carbons (Fsp3) is 0.522. The van der Waals surface area contributed by atoms with Crippen molar-refractivity contribution in [3.05, 3.63) is 57.0 Å². The molecule has 1 aliphatic rings. The fourth-order valence-corrected chi connectivity index (χ4v) is 3.35. The van der Waals surface area contributed by atoms with Gasteiger partial charge in [-0.2, -0.15) is 13.2 Å². The summed E-state index contributed by atoms with van der Waals surface area (Å²) < 4.78 is 44.8. The van der Waals surface area contributed by atoms with Crippen LogP contribution in [-0.2, 0) is 30.4 Å². The van der Waals surface area contributed by atoms with Crippen LogP contribution in [0.1, 0.15) is 57.0 Å². The number of anilines is 1. The molecule has 0 radical (unpaired) electrons. The lowest BCUT2D eigenvalue weighted by Gasteiger charge is -2.31. The van der Waals surface area contributed by atoms with Gasteiger partial charge in [-0.25, -0.2) is 9.78 Å². The fourth-order valence-electron chi connectivity index (χ4n) is 3.35. The van der Waals surface area contributed by atoms with E-state index in [1.165, 1.54) is 17.0 Å². The number of benzene rings is 1. The maximum atomic E-state index is 13.2. The minimum atomic E-state index is -4.41. The molecule has 2 aromatic rings. The smallest absolute Gasteiger partial charge is 0.416 e. The number of aromatic nitrogens is 2. The first-order valence-electron chi connectivity index (χ1n) is 10.9. The van der Waals surface area contributed by atoms with Crippen LogP contribution in [-0.4, -0.2) is 39.0 Å². The minimum Gasteiger partial charge on any atom is -0.444 e. The minimum absolute atomic E-state index is 0.0384. The van der Waals surface area contributed by atoms with E-state index in [2.05, 4.69) is 10.3 Å². The Morgan fingerprint density at radius 3 is 2.38 bits per heavy atom. The van der Waals surface area contributed by atoms with Gasteiger partial charge in [0.15, 0.2) is 0 Å². The maximum Gasteiger partial charge on any atom is 0.416 e. The first-order valence-corrected chi connectivity index (χ1v) is 10.9. The van der Waals surface area contributed by atoms with Gasteiger partial charge in [-0.3, -0.25) is 4.79 Å². The molecule has 0 spiro atoms. The Morgan fingerprint density at radius 2 is 1.82 bits per heavy atom. The number of carbonyl (C=O) groups excluding carboxylic acids is 1. The second-order valence-electron chi connectivity index (χ2n) is 9.31. The highest BCUT2D eigenvalue weighted by Crippen LogP contribution is 2.29. The standard InChI is InChI=1S/C23H29F3N4O4/c1-14(2)34-30-19(31)17-13-29(21(32)33-22(3,4)5)11-10-18(17)28-20(30)27-12-15-6-8-16(9-7-15)23(24,25)26/h6-9,14H,10-13H2,1-5H3,(H,27,28). The third kappa shape index (κ3) is 6.21. The van der Waals surface area contributed by atoms with Crippen molar-refractivity contribution in [3.8, 4) is 0 Å². The van der Waals surface area contributed by atoms with Gasteiger partial charge in [0.05, 0.1) is 23.4 Å². The molecule has 0 unspecified atom stereocenters. The van der Waals surface area contributed by atoms with Crippen LogP contribution in [0.5, 0.6) is 0 Å². The molecule has 11 heteroatoms. The zero-order chi connectivity index (χ0) is 25.3. The lowest BCUT2D eigenvalue weighted by atomic mass is 10.1. The number of alkyl halides is 3. The van der Waals surface area contributed by atoms with Crippen molar-refractivity contribution in [2.24, 2.45) is 0 Å². The predicted molar refractivity (Wildman–Crippen MR) is 119 cm³/mol. The van der Waals surface area contributed by atoms with Gasteiger partial charge in [-0.05, 0) is 52.3 Å². The second kappa shape index (κ2) is 9.55. The van der Waals surface area contributed by atoms with Crippen molar-refractivity contribution >= 4 is 12.0 Å². The number of rotatable bonds is 5. The van der Waals surface area contributed by atoms with Gasteiger partial charge in [0, 0.05) is 19.5 Å². The molecule has 3 rings (SSSR count). The Bertz CT molecular complexity index is 1090. The van der Waals surface area contributed by atoms with E-state index < -0.39 is 29.0 Å².